The van der Waals surface area contributed by atoms with E-state index >= 15 is 0 Å². The van der Waals surface area contributed by atoms with Gasteiger partial charge in [-0.3, -0.25) is 14.3 Å². The molecule has 1 aliphatic heterocycles. The van der Waals surface area contributed by atoms with Crippen LogP contribution in [0.3, 0.4) is 0 Å². The van der Waals surface area contributed by atoms with Gasteiger partial charge in [0.05, 0.1) is 11.9 Å². The molecule has 1 aliphatic rings. The zero-order valence-corrected chi connectivity index (χ0v) is 11.3. The number of amides is 2. The lowest BCUT2D eigenvalue weighted by molar-refractivity contribution is -0.130. The van der Waals surface area contributed by atoms with Gasteiger partial charge in [0.15, 0.2) is 0 Å². The number of nitrogen functional groups attached to an aromatic ring is 1. The molecule has 2 heterocycles. The smallest absolute Gasteiger partial charge is 0.274 e. The number of aromatic nitrogens is 2. The highest BCUT2D eigenvalue weighted by Crippen LogP contribution is 2.15. The van der Waals surface area contributed by atoms with Crippen LogP contribution in [0.25, 0.3) is 0 Å². The van der Waals surface area contributed by atoms with E-state index in [-0.39, 0.29) is 11.8 Å². The Labute approximate surface area is 111 Å². The van der Waals surface area contributed by atoms with Gasteiger partial charge in [0.25, 0.3) is 5.91 Å². The highest BCUT2D eigenvalue weighted by molar-refractivity contribution is 5.97. The number of carbonyl (C=O) groups excluding carboxylic acids is 2. The molecular weight excluding hydrogens is 246 g/mol. The number of nitrogens with two attached hydrogens (primary N) is 1. The van der Waals surface area contributed by atoms with Crippen molar-refractivity contribution in [2.75, 3.05) is 31.9 Å². The number of nitrogens with zero attached hydrogens (tertiary/aromatic N) is 4. The third-order valence-corrected chi connectivity index (χ3v) is 3.38. The molecule has 0 aromatic carbocycles. The molecule has 2 N–H and O–H groups in total. The van der Waals surface area contributed by atoms with Crippen molar-refractivity contribution < 1.29 is 9.59 Å². The average Bonchev–Trinajstić information content (AvgIpc) is 2.79. The standard InChI is InChI=1S/C12H19N5O2/c1-3-17-11(10(13)8-14-17)12(19)16-6-4-15(5-7-16)9(2)18/h8H,3-7,13H2,1-2H3. The fourth-order valence-electron chi connectivity index (χ4n) is 2.25. The molecule has 1 fully saturated rings. The molecular formula is C12H19N5O2. The maximum atomic E-state index is 12.4. The topological polar surface area (TPSA) is 84.5 Å². The third kappa shape index (κ3) is 2.54. The van der Waals surface area contributed by atoms with E-state index < -0.39 is 0 Å². The van der Waals surface area contributed by atoms with Crippen LogP contribution in [0.2, 0.25) is 0 Å². The molecule has 2 amide bonds. The molecule has 0 atom stereocenters. The van der Waals surface area contributed by atoms with Crippen LogP contribution in [0.15, 0.2) is 6.20 Å². The molecule has 0 saturated carbocycles. The molecule has 7 heteroatoms. The van der Waals surface area contributed by atoms with E-state index in [4.69, 9.17) is 5.73 Å². The average molecular weight is 265 g/mol. The highest BCUT2D eigenvalue weighted by atomic mass is 16.2. The largest absolute Gasteiger partial charge is 0.396 e. The molecule has 0 unspecified atom stereocenters. The molecule has 1 aromatic heterocycles. The molecule has 2 rings (SSSR count). The fraction of sp³-hybridized carbons (Fsp3) is 0.583. The number of hydrogen-bond donors (Lipinski definition) is 1. The second-order valence-corrected chi connectivity index (χ2v) is 4.56. The van der Waals surface area contributed by atoms with Crippen molar-refractivity contribution in [3.8, 4) is 0 Å². The zero-order chi connectivity index (χ0) is 14.0. The second-order valence-electron chi connectivity index (χ2n) is 4.56. The summed E-state index contributed by atoms with van der Waals surface area (Å²) in [5.41, 5.74) is 6.65. The van der Waals surface area contributed by atoms with Gasteiger partial charge in [-0.25, -0.2) is 0 Å². The molecule has 1 aromatic rings. The molecule has 0 radical (unpaired) electrons. The predicted molar refractivity (Wildman–Crippen MR) is 70.5 cm³/mol. The van der Waals surface area contributed by atoms with Gasteiger partial charge in [-0.1, -0.05) is 0 Å². The first-order chi connectivity index (χ1) is 9.04. The summed E-state index contributed by atoms with van der Waals surface area (Å²) in [5.74, 6) is -0.0646. The van der Waals surface area contributed by atoms with E-state index in [1.807, 2.05) is 6.92 Å². The normalized spacial score (nSPS) is 15.7. The summed E-state index contributed by atoms with van der Waals surface area (Å²) in [6.07, 6.45) is 1.50. The van der Waals surface area contributed by atoms with Gasteiger partial charge < -0.3 is 15.5 Å². The lowest BCUT2D eigenvalue weighted by atomic mass is 10.2. The fourth-order valence-corrected chi connectivity index (χ4v) is 2.25. The van der Waals surface area contributed by atoms with Crippen molar-refractivity contribution in [1.29, 1.82) is 0 Å². The van der Waals surface area contributed by atoms with E-state index in [0.29, 0.717) is 44.1 Å². The van der Waals surface area contributed by atoms with Crippen molar-refractivity contribution in [3.05, 3.63) is 11.9 Å². The minimum atomic E-state index is -0.111. The molecule has 0 spiro atoms. The van der Waals surface area contributed by atoms with Crippen molar-refractivity contribution in [3.63, 3.8) is 0 Å². The van der Waals surface area contributed by atoms with Crippen LogP contribution in [-0.2, 0) is 11.3 Å². The summed E-state index contributed by atoms with van der Waals surface area (Å²) in [5, 5.41) is 4.07. The Balaban J connectivity index is 2.09. The summed E-state index contributed by atoms with van der Waals surface area (Å²) >= 11 is 0. The Hall–Kier alpha value is -2.05. The van der Waals surface area contributed by atoms with Crippen LogP contribution < -0.4 is 5.73 Å². The monoisotopic (exact) mass is 265 g/mol. The number of carbonyl (C=O) groups is 2. The van der Waals surface area contributed by atoms with Gasteiger partial charge in [0.2, 0.25) is 5.91 Å². The van der Waals surface area contributed by atoms with Gasteiger partial charge in [0, 0.05) is 39.6 Å². The molecule has 7 nitrogen and oxygen atoms in total. The van der Waals surface area contributed by atoms with Crippen LogP contribution in [-0.4, -0.2) is 57.6 Å². The van der Waals surface area contributed by atoms with Gasteiger partial charge in [-0.2, -0.15) is 5.10 Å². The minimum Gasteiger partial charge on any atom is -0.396 e. The summed E-state index contributed by atoms with van der Waals surface area (Å²) in [6, 6.07) is 0. The first-order valence-corrected chi connectivity index (χ1v) is 6.40. The molecule has 1 saturated heterocycles. The van der Waals surface area contributed by atoms with Crippen LogP contribution >= 0.6 is 0 Å². The lowest BCUT2D eigenvalue weighted by Gasteiger charge is -2.34. The van der Waals surface area contributed by atoms with Gasteiger partial charge in [0.1, 0.15) is 5.69 Å². The SMILES string of the molecule is CCn1ncc(N)c1C(=O)N1CCN(C(C)=O)CC1. The number of hydrogen-bond acceptors (Lipinski definition) is 4. The summed E-state index contributed by atoms with van der Waals surface area (Å²) in [6.45, 7) is 6.27. The van der Waals surface area contributed by atoms with Crippen LogP contribution in [0, 0.1) is 0 Å². The number of anilines is 1. The Kier molecular flexibility index (Phi) is 3.73. The summed E-state index contributed by atoms with van der Waals surface area (Å²) in [4.78, 5) is 27.1. The van der Waals surface area contributed by atoms with Crippen LogP contribution in [0.1, 0.15) is 24.3 Å². The van der Waals surface area contributed by atoms with E-state index in [2.05, 4.69) is 5.10 Å². The maximum absolute atomic E-state index is 12.4. The van der Waals surface area contributed by atoms with Crippen molar-refractivity contribution in [2.24, 2.45) is 0 Å². The highest BCUT2D eigenvalue weighted by Gasteiger charge is 2.26. The Morgan fingerprint density at radius 1 is 1.26 bits per heavy atom. The number of rotatable bonds is 2. The summed E-state index contributed by atoms with van der Waals surface area (Å²) in [7, 11) is 0. The Bertz CT molecular complexity index is 488. The first kappa shape index (κ1) is 13.4. The summed E-state index contributed by atoms with van der Waals surface area (Å²) < 4.78 is 1.61. The third-order valence-electron chi connectivity index (χ3n) is 3.38. The van der Waals surface area contributed by atoms with Crippen LogP contribution in [0.5, 0.6) is 0 Å². The zero-order valence-electron chi connectivity index (χ0n) is 11.3. The molecule has 19 heavy (non-hydrogen) atoms. The van der Waals surface area contributed by atoms with Crippen LogP contribution in [0.4, 0.5) is 5.69 Å². The molecule has 0 bridgehead atoms. The van der Waals surface area contributed by atoms with Gasteiger partial charge in [-0.15, -0.1) is 0 Å². The Morgan fingerprint density at radius 2 is 1.84 bits per heavy atom. The number of aryl methyl sites for hydroxylation is 1. The van der Waals surface area contributed by atoms with Crippen molar-refractivity contribution in [1.82, 2.24) is 19.6 Å². The van der Waals surface area contributed by atoms with Gasteiger partial charge >= 0.3 is 0 Å². The first-order valence-electron chi connectivity index (χ1n) is 6.40. The number of piperazine rings is 1. The van der Waals surface area contributed by atoms with E-state index in [1.54, 1.807) is 21.4 Å². The molecule has 104 valence electrons. The van der Waals surface area contributed by atoms with E-state index in [9.17, 15) is 9.59 Å². The molecule has 0 aliphatic carbocycles. The lowest BCUT2D eigenvalue weighted by Crippen LogP contribution is -2.50. The van der Waals surface area contributed by atoms with Crippen molar-refractivity contribution in [2.45, 2.75) is 20.4 Å². The minimum absolute atomic E-state index is 0.0465. The van der Waals surface area contributed by atoms with Gasteiger partial charge in [-0.05, 0) is 6.92 Å². The van der Waals surface area contributed by atoms with E-state index in [1.165, 1.54) is 6.20 Å². The predicted octanol–water partition coefficient (Wildman–Crippen LogP) is -0.210. The second kappa shape index (κ2) is 5.29. The Morgan fingerprint density at radius 3 is 2.37 bits per heavy atom. The quantitative estimate of drug-likeness (QED) is 0.802. The van der Waals surface area contributed by atoms with E-state index in [0.717, 1.165) is 0 Å². The maximum Gasteiger partial charge on any atom is 0.274 e. The van der Waals surface area contributed by atoms with Crippen molar-refractivity contribution >= 4 is 17.5 Å².